The quantitative estimate of drug-likeness (QED) is 0.782. The summed E-state index contributed by atoms with van der Waals surface area (Å²) in [4.78, 5) is 20.1. The Morgan fingerprint density at radius 2 is 1.80 bits per heavy atom. The van der Waals surface area contributed by atoms with Crippen molar-refractivity contribution in [2.24, 2.45) is 0 Å². The number of carbonyl (C=O) groups is 1. The highest BCUT2D eigenvalue weighted by atomic mass is 16.5. The molecule has 2 aromatic rings. The number of carbonyl (C=O) groups excluding carboxylic acids is 1. The lowest BCUT2D eigenvalue weighted by Gasteiger charge is -2.15. The van der Waals surface area contributed by atoms with Crippen LogP contribution in [0, 0.1) is 0 Å². The van der Waals surface area contributed by atoms with E-state index in [1.807, 2.05) is 44.2 Å². The van der Waals surface area contributed by atoms with Crippen LogP contribution in [-0.2, 0) is 11.2 Å². The zero-order valence-electron chi connectivity index (χ0n) is 11.7. The number of aromatic nitrogens is 2. The van der Waals surface area contributed by atoms with Gasteiger partial charge in [-0.1, -0.05) is 44.2 Å². The Labute approximate surface area is 118 Å². The molecule has 0 fully saturated rings. The first-order chi connectivity index (χ1) is 9.74. The van der Waals surface area contributed by atoms with Crippen LogP contribution in [0.1, 0.15) is 48.1 Å². The summed E-state index contributed by atoms with van der Waals surface area (Å²) < 4.78 is 5.48. The first-order valence-electron chi connectivity index (χ1n) is 6.81. The summed E-state index contributed by atoms with van der Waals surface area (Å²) in [5, 5.41) is 0. The minimum Gasteiger partial charge on any atom is -0.452 e. The van der Waals surface area contributed by atoms with E-state index >= 15 is 0 Å². The fourth-order valence-electron chi connectivity index (χ4n) is 1.88. The van der Waals surface area contributed by atoms with Gasteiger partial charge in [-0.3, -0.25) is 0 Å². The smallest absolute Gasteiger partial charge is 0.376 e. The molecule has 0 aliphatic carbocycles. The molecule has 2 rings (SSSR count). The van der Waals surface area contributed by atoms with E-state index in [9.17, 15) is 4.79 Å². The molecular weight excluding hydrogens is 252 g/mol. The molecule has 0 aliphatic heterocycles. The molecule has 1 aromatic heterocycles. The normalized spacial score (nSPS) is 11.9. The second-order valence-electron chi connectivity index (χ2n) is 4.48. The average molecular weight is 270 g/mol. The molecule has 4 heteroatoms. The van der Waals surface area contributed by atoms with Gasteiger partial charge < -0.3 is 4.74 Å². The summed E-state index contributed by atoms with van der Waals surface area (Å²) in [5.41, 5.74) is 1.98. The lowest BCUT2D eigenvalue weighted by molar-refractivity contribution is 0.0273. The first kappa shape index (κ1) is 14.2. The van der Waals surface area contributed by atoms with Gasteiger partial charge in [0.2, 0.25) is 5.82 Å². The monoisotopic (exact) mass is 270 g/mol. The Hall–Kier alpha value is -2.23. The Bertz CT molecular complexity index is 552. The van der Waals surface area contributed by atoms with E-state index in [0.717, 1.165) is 17.5 Å². The Morgan fingerprint density at radius 3 is 2.35 bits per heavy atom. The largest absolute Gasteiger partial charge is 0.452 e. The third-order valence-electron chi connectivity index (χ3n) is 3.09. The summed E-state index contributed by atoms with van der Waals surface area (Å²) in [7, 11) is 0. The van der Waals surface area contributed by atoms with Crippen molar-refractivity contribution in [3.8, 4) is 0 Å². The van der Waals surface area contributed by atoms with Gasteiger partial charge in [0, 0.05) is 12.4 Å². The van der Waals surface area contributed by atoms with Gasteiger partial charge in [0.05, 0.1) is 0 Å². The summed E-state index contributed by atoms with van der Waals surface area (Å²) >= 11 is 0. The van der Waals surface area contributed by atoms with Gasteiger partial charge in [-0.25, -0.2) is 14.8 Å². The molecule has 1 aromatic carbocycles. The topological polar surface area (TPSA) is 52.1 Å². The van der Waals surface area contributed by atoms with E-state index in [1.165, 1.54) is 0 Å². The van der Waals surface area contributed by atoms with E-state index in [1.54, 1.807) is 12.4 Å². The molecule has 0 amide bonds. The fraction of sp³-hybridized carbons (Fsp3) is 0.312. The number of benzene rings is 1. The molecule has 0 bridgehead atoms. The third kappa shape index (κ3) is 3.41. The molecule has 0 radical (unpaired) electrons. The Balaban J connectivity index is 2.09. The summed E-state index contributed by atoms with van der Waals surface area (Å²) in [6.45, 7) is 3.99. The van der Waals surface area contributed by atoms with Gasteiger partial charge >= 0.3 is 5.97 Å². The highest BCUT2D eigenvalue weighted by molar-refractivity contribution is 5.85. The minimum absolute atomic E-state index is 0.108. The lowest BCUT2D eigenvalue weighted by atomic mass is 10.1. The standard InChI is InChI=1S/C16H18N2O2/c1-3-12-10-17-15(18-11-12)16(19)20-14(4-2)13-8-6-5-7-9-13/h5-11,14H,3-4H2,1-2H3. The van der Waals surface area contributed by atoms with Crippen molar-refractivity contribution in [2.75, 3.05) is 0 Å². The molecule has 0 saturated heterocycles. The molecule has 0 spiro atoms. The predicted octanol–water partition coefficient (Wildman–Crippen LogP) is 3.35. The first-order valence-corrected chi connectivity index (χ1v) is 6.81. The minimum atomic E-state index is -0.483. The van der Waals surface area contributed by atoms with Gasteiger partial charge in [0.25, 0.3) is 0 Å². The van der Waals surface area contributed by atoms with E-state index in [-0.39, 0.29) is 11.9 Å². The molecule has 104 valence electrons. The average Bonchev–Trinajstić information content (AvgIpc) is 2.53. The molecule has 0 N–H and O–H groups in total. The van der Waals surface area contributed by atoms with E-state index in [2.05, 4.69) is 9.97 Å². The van der Waals surface area contributed by atoms with Crippen molar-refractivity contribution in [3.05, 3.63) is 59.7 Å². The molecule has 1 unspecified atom stereocenters. The fourth-order valence-corrected chi connectivity index (χ4v) is 1.88. The highest BCUT2D eigenvalue weighted by Gasteiger charge is 2.18. The van der Waals surface area contributed by atoms with Crippen molar-refractivity contribution < 1.29 is 9.53 Å². The summed E-state index contributed by atoms with van der Waals surface area (Å²) in [5.74, 6) is -0.375. The van der Waals surface area contributed by atoms with Crippen molar-refractivity contribution in [1.82, 2.24) is 9.97 Å². The van der Waals surface area contributed by atoms with Gasteiger partial charge in [-0.05, 0) is 24.0 Å². The zero-order chi connectivity index (χ0) is 14.4. The van der Waals surface area contributed by atoms with Crippen LogP contribution in [0.15, 0.2) is 42.7 Å². The van der Waals surface area contributed by atoms with Gasteiger partial charge in [-0.15, -0.1) is 0 Å². The van der Waals surface area contributed by atoms with Crippen LogP contribution < -0.4 is 0 Å². The second kappa shape index (κ2) is 6.80. The number of ether oxygens (including phenoxy) is 1. The number of nitrogens with zero attached hydrogens (tertiary/aromatic N) is 2. The number of hydrogen-bond donors (Lipinski definition) is 0. The predicted molar refractivity (Wildman–Crippen MR) is 76.3 cm³/mol. The maximum atomic E-state index is 12.0. The summed E-state index contributed by atoms with van der Waals surface area (Å²) in [6.07, 6.45) is 4.61. The van der Waals surface area contributed by atoms with Crippen molar-refractivity contribution in [2.45, 2.75) is 32.8 Å². The Kier molecular flexibility index (Phi) is 4.82. The number of hydrogen-bond acceptors (Lipinski definition) is 4. The van der Waals surface area contributed by atoms with Crippen molar-refractivity contribution in [1.29, 1.82) is 0 Å². The molecule has 1 atom stereocenters. The van der Waals surface area contributed by atoms with Crippen LogP contribution in [0.3, 0.4) is 0 Å². The number of rotatable bonds is 5. The van der Waals surface area contributed by atoms with Crippen LogP contribution in [0.25, 0.3) is 0 Å². The molecule has 20 heavy (non-hydrogen) atoms. The second-order valence-corrected chi connectivity index (χ2v) is 4.48. The van der Waals surface area contributed by atoms with E-state index in [4.69, 9.17) is 4.74 Å². The molecule has 0 saturated carbocycles. The SMILES string of the molecule is CCc1cnc(C(=O)OC(CC)c2ccccc2)nc1. The molecule has 1 heterocycles. The van der Waals surface area contributed by atoms with Gasteiger partial charge in [0.15, 0.2) is 0 Å². The maximum absolute atomic E-state index is 12.0. The van der Waals surface area contributed by atoms with E-state index < -0.39 is 5.97 Å². The van der Waals surface area contributed by atoms with Gasteiger partial charge in [-0.2, -0.15) is 0 Å². The Morgan fingerprint density at radius 1 is 1.15 bits per heavy atom. The van der Waals surface area contributed by atoms with E-state index in [0.29, 0.717) is 6.42 Å². The zero-order valence-corrected chi connectivity index (χ0v) is 11.7. The number of aryl methyl sites for hydroxylation is 1. The number of esters is 1. The van der Waals surface area contributed by atoms with Gasteiger partial charge in [0.1, 0.15) is 6.10 Å². The van der Waals surface area contributed by atoms with Crippen LogP contribution in [0.2, 0.25) is 0 Å². The van der Waals surface area contributed by atoms with Crippen molar-refractivity contribution in [3.63, 3.8) is 0 Å². The highest BCUT2D eigenvalue weighted by Crippen LogP contribution is 2.21. The van der Waals surface area contributed by atoms with Crippen LogP contribution in [0.5, 0.6) is 0 Å². The van der Waals surface area contributed by atoms with Crippen molar-refractivity contribution >= 4 is 5.97 Å². The summed E-state index contributed by atoms with van der Waals surface area (Å²) in [6, 6.07) is 9.69. The molecule has 4 nitrogen and oxygen atoms in total. The van der Waals surface area contributed by atoms with Crippen LogP contribution in [0.4, 0.5) is 0 Å². The maximum Gasteiger partial charge on any atom is 0.376 e. The molecular formula is C16H18N2O2. The van der Waals surface area contributed by atoms with Crippen LogP contribution in [-0.4, -0.2) is 15.9 Å². The third-order valence-corrected chi connectivity index (χ3v) is 3.09. The van der Waals surface area contributed by atoms with Crippen LogP contribution >= 0.6 is 0 Å². The molecule has 0 aliphatic rings. The lowest BCUT2D eigenvalue weighted by Crippen LogP contribution is -2.14.